The van der Waals surface area contributed by atoms with E-state index in [1.165, 1.54) is 0 Å². The van der Waals surface area contributed by atoms with E-state index in [1.807, 2.05) is 30.3 Å². The standard InChI is InChI=1S/C13H9BrN2O/c14-7-1-3-9-10-4-2-8(15)6-12(10)16-13(17)11(9)5-7/h1-6H,15H2,(H,16,17). The molecule has 0 spiro atoms. The molecule has 0 aliphatic heterocycles. The van der Waals surface area contributed by atoms with Crippen LogP contribution in [0.15, 0.2) is 45.7 Å². The third-order valence-electron chi connectivity index (χ3n) is 2.81. The minimum Gasteiger partial charge on any atom is -0.399 e. The van der Waals surface area contributed by atoms with Gasteiger partial charge < -0.3 is 10.7 Å². The van der Waals surface area contributed by atoms with Gasteiger partial charge in [0, 0.05) is 20.9 Å². The molecule has 0 radical (unpaired) electrons. The van der Waals surface area contributed by atoms with Gasteiger partial charge in [0.1, 0.15) is 0 Å². The minimum atomic E-state index is -0.0978. The van der Waals surface area contributed by atoms with Crippen molar-refractivity contribution in [3.63, 3.8) is 0 Å². The molecular formula is C13H9BrN2O. The molecule has 4 heteroatoms. The second-order valence-corrected chi connectivity index (χ2v) is 4.86. The Labute approximate surface area is 105 Å². The maximum Gasteiger partial charge on any atom is 0.256 e. The van der Waals surface area contributed by atoms with Gasteiger partial charge in [0.15, 0.2) is 0 Å². The van der Waals surface area contributed by atoms with Gasteiger partial charge in [-0.1, -0.05) is 28.1 Å². The maximum atomic E-state index is 11.9. The number of benzene rings is 2. The fourth-order valence-corrected chi connectivity index (χ4v) is 2.39. The number of nitrogen functional groups attached to an aromatic ring is 1. The predicted octanol–water partition coefficient (Wildman–Crippen LogP) is 3.03. The summed E-state index contributed by atoms with van der Waals surface area (Å²) in [4.78, 5) is 14.8. The number of aromatic amines is 1. The van der Waals surface area contributed by atoms with Crippen LogP contribution in [0, 0.1) is 0 Å². The van der Waals surface area contributed by atoms with E-state index in [0.717, 1.165) is 20.8 Å². The van der Waals surface area contributed by atoms with E-state index in [4.69, 9.17) is 5.73 Å². The number of hydrogen-bond acceptors (Lipinski definition) is 2. The van der Waals surface area contributed by atoms with E-state index < -0.39 is 0 Å². The van der Waals surface area contributed by atoms with Crippen LogP contribution in [-0.2, 0) is 0 Å². The van der Waals surface area contributed by atoms with Crippen molar-refractivity contribution >= 4 is 43.3 Å². The highest BCUT2D eigenvalue weighted by molar-refractivity contribution is 9.10. The van der Waals surface area contributed by atoms with Crippen molar-refractivity contribution in [1.29, 1.82) is 0 Å². The Morgan fingerprint density at radius 3 is 2.59 bits per heavy atom. The Kier molecular flexibility index (Phi) is 2.19. The van der Waals surface area contributed by atoms with Crippen LogP contribution in [0.4, 0.5) is 5.69 Å². The molecule has 1 heterocycles. The number of pyridine rings is 1. The van der Waals surface area contributed by atoms with E-state index in [9.17, 15) is 4.79 Å². The molecule has 0 saturated carbocycles. The van der Waals surface area contributed by atoms with Crippen LogP contribution < -0.4 is 11.3 Å². The zero-order valence-electron chi connectivity index (χ0n) is 8.83. The monoisotopic (exact) mass is 288 g/mol. The summed E-state index contributed by atoms with van der Waals surface area (Å²) in [6.45, 7) is 0. The smallest absolute Gasteiger partial charge is 0.256 e. The van der Waals surface area contributed by atoms with Crippen molar-refractivity contribution in [2.75, 3.05) is 5.73 Å². The lowest BCUT2D eigenvalue weighted by Crippen LogP contribution is -2.06. The van der Waals surface area contributed by atoms with Crippen LogP contribution in [0.2, 0.25) is 0 Å². The number of fused-ring (bicyclic) bond motifs is 3. The van der Waals surface area contributed by atoms with Gasteiger partial charge in [-0.25, -0.2) is 0 Å². The zero-order valence-corrected chi connectivity index (χ0v) is 10.4. The molecule has 0 atom stereocenters. The predicted molar refractivity (Wildman–Crippen MR) is 74.2 cm³/mol. The number of nitrogens with one attached hydrogen (secondary N) is 1. The van der Waals surface area contributed by atoms with Crippen molar-refractivity contribution < 1.29 is 0 Å². The quantitative estimate of drug-likeness (QED) is 0.493. The number of H-pyrrole nitrogens is 1. The molecule has 3 N–H and O–H groups in total. The molecule has 0 bridgehead atoms. The van der Waals surface area contributed by atoms with Crippen LogP contribution in [0.25, 0.3) is 21.7 Å². The molecule has 84 valence electrons. The molecule has 0 fully saturated rings. The van der Waals surface area contributed by atoms with Crippen LogP contribution in [-0.4, -0.2) is 4.98 Å². The molecule has 0 aliphatic rings. The second kappa shape index (κ2) is 3.60. The molecule has 0 saturated heterocycles. The molecule has 0 aliphatic carbocycles. The summed E-state index contributed by atoms with van der Waals surface area (Å²) in [5.74, 6) is 0. The summed E-state index contributed by atoms with van der Waals surface area (Å²) in [5, 5.41) is 2.62. The Morgan fingerprint density at radius 1 is 1.00 bits per heavy atom. The summed E-state index contributed by atoms with van der Waals surface area (Å²) in [6.07, 6.45) is 0. The summed E-state index contributed by atoms with van der Waals surface area (Å²) >= 11 is 3.37. The fourth-order valence-electron chi connectivity index (χ4n) is 2.03. The van der Waals surface area contributed by atoms with Gasteiger partial charge in [0.25, 0.3) is 5.56 Å². The number of nitrogens with two attached hydrogens (primary N) is 1. The van der Waals surface area contributed by atoms with E-state index in [1.54, 1.807) is 6.07 Å². The zero-order chi connectivity index (χ0) is 12.0. The molecule has 1 aromatic heterocycles. The van der Waals surface area contributed by atoms with Gasteiger partial charge in [0.05, 0.1) is 5.52 Å². The van der Waals surface area contributed by atoms with Gasteiger partial charge in [-0.15, -0.1) is 0 Å². The van der Waals surface area contributed by atoms with Crippen molar-refractivity contribution in [1.82, 2.24) is 4.98 Å². The number of anilines is 1. The summed E-state index contributed by atoms with van der Waals surface area (Å²) in [7, 11) is 0. The molecule has 3 aromatic rings. The number of halogens is 1. The van der Waals surface area contributed by atoms with Crippen LogP contribution in [0.5, 0.6) is 0 Å². The Bertz CT molecular complexity index is 792. The van der Waals surface area contributed by atoms with Crippen molar-refractivity contribution in [2.24, 2.45) is 0 Å². The van der Waals surface area contributed by atoms with Crippen molar-refractivity contribution in [3.8, 4) is 0 Å². The Hall–Kier alpha value is -1.81. The van der Waals surface area contributed by atoms with E-state index in [2.05, 4.69) is 20.9 Å². The second-order valence-electron chi connectivity index (χ2n) is 3.95. The summed E-state index contributed by atoms with van der Waals surface area (Å²) in [5.41, 5.74) is 7.03. The van der Waals surface area contributed by atoms with E-state index in [0.29, 0.717) is 11.1 Å². The van der Waals surface area contributed by atoms with Crippen molar-refractivity contribution in [2.45, 2.75) is 0 Å². The lowest BCUT2D eigenvalue weighted by atomic mass is 10.1. The first-order valence-corrected chi connectivity index (χ1v) is 5.95. The van der Waals surface area contributed by atoms with Gasteiger partial charge in [0.2, 0.25) is 0 Å². The molecule has 0 unspecified atom stereocenters. The molecule has 17 heavy (non-hydrogen) atoms. The minimum absolute atomic E-state index is 0.0978. The first-order valence-electron chi connectivity index (χ1n) is 5.16. The van der Waals surface area contributed by atoms with Gasteiger partial charge in [-0.05, 0) is 29.7 Å². The highest BCUT2D eigenvalue weighted by Gasteiger charge is 2.05. The SMILES string of the molecule is Nc1ccc2c(c1)[nH]c(=O)c1cc(Br)ccc12. The molecule has 2 aromatic carbocycles. The first-order chi connectivity index (χ1) is 8.15. The number of rotatable bonds is 0. The molecule has 3 rings (SSSR count). The van der Waals surface area contributed by atoms with Gasteiger partial charge in [-0.2, -0.15) is 0 Å². The highest BCUT2D eigenvalue weighted by Crippen LogP contribution is 2.25. The first kappa shape index (κ1) is 10.4. The van der Waals surface area contributed by atoms with Crippen LogP contribution >= 0.6 is 15.9 Å². The van der Waals surface area contributed by atoms with Crippen molar-refractivity contribution in [3.05, 3.63) is 51.2 Å². The average Bonchev–Trinajstić information content (AvgIpc) is 2.29. The topological polar surface area (TPSA) is 58.9 Å². The third-order valence-corrected chi connectivity index (χ3v) is 3.30. The lowest BCUT2D eigenvalue weighted by molar-refractivity contribution is 1.34. The average molecular weight is 289 g/mol. The number of hydrogen-bond donors (Lipinski definition) is 2. The molecule has 3 nitrogen and oxygen atoms in total. The largest absolute Gasteiger partial charge is 0.399 e. The summed E-state index contributed by atoms with van der Waals surface area (Å²) < 4.78 is 0.894. The van der Waals surface area contributed by atoms with Gasteiger partial charge >= 0.3 is 0 Å². The Balaban J connectivity index is 2.60. The fraction of sp³-hybridized carbons (Fsp3) is 0. The Morgan fingerprint density at radius 2 is 1.76 bits per heavy atom. The van der Waals surface area contributed by atoms with E-state index >= 15 is 0 Å². The van der Waals surface area contributed by atoms with Crippen LogP contribution in [0.1, 0.15) is 0 Å². The van der Waals surface area contributed by atoms with E-state index in [-0.39, 0.29) is 5.56 Å². The highest BCUT2D eigenvalue weighted by atomic mass is 79.9. The lowest BCUT2D eigenvalue weighted by Gasteiger charge is -2.04. The number of aromatic nitrogens is 1. The molecule has 0 amide bonds. The summed E-state index contributed by atoms with van der Waals surface area (Å²) in [6, 6.07) is 11.2. The molecular weight excluding hydrogens is 280 g/mol. The third kappa shape index (κ3) is 1.61. The normalized spacial score (nSPS) is 11.1. The maximum absolute atomic E-state index is 11.9. The van der Waals surface area contributed by atoms with Crippen LogP contribution in [0.3, 0.4) is 0 Å². The van der Waals surface area contributed by atoms with Gasteiger partial charge in [-0.3, -0.25) is 4.79 Å².